The molecule has 1 heterocycles. The lowest BCUT2D eigenvalue weighted by Crippen LogP contribution is -2.24. The van der Waals surface area contributed by atoms with E-state index < -0.39 is 0 Å². The van der Waals surface area contributed by atoms with Gasteiger partial charge < -0.3 is 10.2 Å². The van der Waals surface area contributed by atoms with Crippen molar-refractivity contribution < 1.29 is 4.79 Å². The van der Waals surface area contributed by atoms with Crippen LogP contribution in [0.15, 0.2) is 72.1 Å². The first-order valence-electron chi connectivity index (χ1n) is 7.44. The molecule has 0 bridgehead atoms. The maximum atomic E-state index is 12.6. The number of benzene rings is 2. The first-order valence-corrected chi connectivity index (χ1v) is 8.32. The largest absolute Gasteiger partial charge is 0.347 e. The Morgan fingerprint density at radius 2 is 1.74 bits per heavy atom. The molecule has 0 aliphatic rings. The molecule has 4 heteroatoms. The van der Waals surface area contributed by atoms with Gasteiger partial charge in [-0.3, -0.25) is 4.79 Å². The highest BCUT2D eigenvalue weighted by atomic mass is 32.1. The Morgan fingerprint density at radius 1 is 1.00 bits per heavy atom. The van der Waals surface area contributed by atoms with Crippen molar-refractivity contribution in [1.29, 1.82) is 0 Å². The molecule has 1 amide bonds. The first kappa shape index (κ1) is 15.3. The molecule has 3 nitrogen and oxygen atoms in total. The summed E-state index contributed by atoms with van der Waals surface area (Å²) >= 11 is 1.64. The van der Waals surface area contributed by atoms with Crippen molar-refractivity contribution in [3.63, 3.8) is 0 Å². The number of amides is 1. The maximum absolute atomic E-state index is 12.6. The zero-order valence-corrected chi connectivity index (χ0v) is 13.7. The second kappa shape index (κ2) is 7.11. The predicted molar refractivity (Wildman–Crippen MR) is 96.4 cm³/mol. The summed E-state index contributed by atoms with van der Waals surface area (Å²) in [5.41, 5.74) is 2.61. The summed E-state index contributed by atoms with van der Waals surface area (Å²) in [4.78, 5) is 15.7. The Labute approximate surface area is 140 Å². The van der Waals surface area contributed by atoms with E-state index in [1.54, 1.807) is 11.3 Å². The van der Waals surface area contributed by atoms with Crippen molar-refractivity contribution in [2.24, 2.45) is 0 Å². The smallest absolute Gasteiger partial charge is 0.253 e. The van der Waals surface area contributed by atoms with Gasteiger partial charge in [-0.2, -0.15) is 0 Å². The van der Waals surface area contributed by atoms with Crippen molar-refractivity contribution >= 4 is 28.6 Å². The van der Waals surface area contributed by atoms with Crippen LogP contribution in [0.25, 0.3) is 0 Å². The number of carbonyl (C=O) groups is 1. The summed E-state index contributed by atoms with van der Waals surface area (Å²) < 4.78 is 0. The summed E-state index contributed by atoms with van der Waals surface area (Å²) in [6.45, 7) is 0.555. The molecule has 3 rings (SSSR count). The van der Waals surface area contributed by atoms with Gasteiger partial charge in [0.2, 0.25) is 0 Å². The SMILES string of the molecule is CN(c1ccccc1)c1ccccc1C(=O)NCc1cccs1. The number of hydrogen-bond acceptors (Lipinski definition) is 3. The van der Waals surface area contributed by atoms with Gasteiger partial charge in [-0.15, -0.1) is 11.3 Å². The average molecular weight is 322 g/mol. The van der Waals surface area contributed by atoms with Crippen LogP contribution in [-0.4, -0.2) is 13.0 Å². The van der Waals surface area contributed by atoms with Crippen molar-refractivity contribution in [3.8, 4) is 0 Å². The molecular formula is C19H18N2OS. The summed E-state index contributed by atoms with van der Waals surface area (Å²) in [7, 11) is 1.97. The van der Waals surface area contributed by atoms with E-state index in [2.05, 4.69) is 5.32 Å². The molecule has 1 aromatic heterocycles. The number of carbonyl (C=O) groups excluding carboxylic acids is 1. The summed E-state index contributed by atoms with van der Waals surface area (Å²) in [6.07, 6.45) is 0. The van der Waals surface area contributed by atoms with Crippen LogP contribution in [0, 0.1) is 0 Å². The molecule has 0 spiro atoms. The Balaban J connectivity index is 1.81. The third kappa shape index (κ3) is 3.60. The fraction of sp³-hybridized carbons (Fsp3) is 0.105. The summed E-state index contributed by atoms with van der Waals surface area (Å²) in [6, 6.07) is 21.7. The van der Waals surface area contributed by atoms with Gasteiger partial charge in [0.1, 0.15) is 0 Å². The van der Waals surface area contributed by atoms with Gasteiger partial charge in [-0.1, -0.05) is 36.4 Å². The van der Waals surface area contributed by atoms with E-state index in [1.807, 2.05) is 84.1 Å². The molecule has 2 aromatic carbocycles. The fourth-order valence-corrected chi connectivity index (χ4v) is 3.07. The third-order valence-electron chi connectivity index (χ3n) is 3.66. The van der Waals surface area contributed by atoms with Gasteiger partial charge in [0.05, 0.1) is 17.8 Å². The van der Waals surface area contributed by atoms with Gasteiger partial charge in [0.25, 0.3) is 5.91 Å². The van der Waals surface area contributed by atoms with Gasteiger partial charge in [-0.25, -0.2) is 0 Å². The van der Waals surface area contributed by atoms with Crippen LogP contribution in [0.1, 0.15) is 15.2 Å². The molecule has 0 unspecified atom stereocenters. The second-order valence-electron chi connectivity index (χ2n) is 5.17. The number of nitrogens with zero attached hydrogens (tertiary/aromatic N) is 1. The molecule has 23 heavy (non-hydrogen) atoms. The standard InChI is InChI=1S/C19H18N2OS/c1-21(15-8-3-2-4-9-15)18-12-6-5-11-17(18)19(22)20-14-16-10-7-13-23-16/h2-13H,14H2,1H3,(H,20,22). The average Bonchev–Trinajstić information content (AvgIpc) is 3.13. The van der Waals surface area contributed by atoms with Crippen LogP contribution >= 0.6 is 11.3 Å². The number of nitrogens with one attached hydrogen (secondary N) is 1. The van der Waals surface area contributed by atoms with E-state index >= 15 is 0 Å². The normalized spacial score (nSPS) is 10.3. The number of para-hydroxylation sites is 2. The minimum absolute atomic E-state index is 0.0585. The second-order valence-corrected chi connectivity index (χ2v) is 6.21. The Morgan fingerprint density at radius 3 is 2.48 bits per heavy atom. The minimum atomic E-state index is -0.0585. The Hall–Kier alpha value is -2.59. The molecule has 3 aromatic rings. The van der Waals surface area contributed by atoms with Gasteiger partial charge in [0.15, 0.2) is 0 Å². The van der Waals surface area contributed by atoms with Crippen LogP contribution in [0.2, 0.25) is 0 Å². The van der Waals surface area contributed by atoms with Crippen molar-refractivity contribution in [2.45, 2.75) is 6.54 Å². The predicted octanol–water partition coefficient (Wildman–Crippen LogP) is 4.45. The van der Waals surface area contributed by atoms with Crippen LogP contribution in [0.4, 0.5) is 11.4 Å². The Bertz CT molecular complexity index is 769. The molecule has 0 atom stereocenters. The molecular weight excluding hydrogens is 304 g/mol. The van der Waals surface area contributed by atoms with E-state index in [9.17, 15) is 4.79 Å². The summed E-state index contributed by atoms with van der Waals surface area (Å²) in [5, 5.41) is 5.01. The highest BCUT2D eigenvalue weighted by molar-refractivity contribution is 7.09. The van der Waals surface area contributed by atoms with Crippen molar-refractivity contribution in [3.05, 3.63) is 82.6 Å². The van der Waals surface area contributed by atoms with Crippen LogP contribution in [0.5, 0.6) is 0 Å². The number of anilines is 2. The molecule has 0 saturated carbocycles. The van der Waals surface area contributed by atoms with Crippen LogP contribution in [-0.2, 0) is 6.54 Å². The molecule has 0 fully saturated rings. The van der Waals surface area contributed by atoms with Crippen molar-refractivity contribution in [2.75, 3.05) is 11.9 Å². The highest BCUT2D eigenvalue weighted by Crippen LogP contribution is 2.26. The topological polar surface area (TPSA) is 32.3 Å². The Kier molecular flexibility index (Phi) is 4.74. The summed E-state index contributed by atoms with van der Waals surface area (Å²) in [5.74, 6) is -0.0585. The lowest BCUT2D eigenvalue weighted by atomic mass is 10.1. The molecule has 0 saturated heterocycles. The number of hydrogen-bond donors (Lipinski definition) is 1. The fourth-order valence-electron chi connectivity index (χ4n) is 2.42. The molecule has 0 aliphatic heterocycles. The van der Waals surface area contributed by atoms with E-state index in [0.717, 1.165) is 16.3 Å². The third-order valence-corrected chi connectivity index (χ3v) is 4.53. The highest BCUT2D eigenvalue weighted by Gasteiger charge is 2.14. The van der Waals surface area contributed by atoms with E-state index in [0.29, 0.717) is 12.1 Å². The monoisotopic (exact) mass is 322 g/mol. The van der Waals surface area contributed by atoms with Crippen LogP contribution < -0.4 is 10.2 Å². The molecule has 1 N–H and O–H groups in total. The zero-order valence-electron chi connectivity index (χ0n) is 12.9. The lowest BCUT2D eigenvalue weighted by Gasteiger charge is -2.22. The lowest BCUT2D eigenvalue weighted by molar-refractivity contribution is 0.0952. The van der Waals surface area contributed by atoms with E-state index in [4.69, 9.17) is 0 Å². The quantitative estimate of drug-likeness (QED) is 0.753. The van der Waals surface area contributed by atoms with Crippen LogP contribution in [0.3, 0.4) is 0 Å². The molecule has 116 valence electrons. The van der Waals surface area contributed by atoms with Gasteiger partial charge in [0, 0.05) is 17.6 Å². The van der Waals surface area contributed by atoms with E-state index in [-0.39, 0.29) is 5.91 Å². The molecule has 0 radical (unpaired) electrons. The number of thiophene rings is 1. The minimum Gasteiger partial charge on any atom is -0.347 e. The maximum Gasteiger partial charge on any atom is 0.253 e. The zero-order chi connectivity index (χ0) is 16.1. The first-order chi connectivity index (χ1) is 11.3. The molecule has 0 aliphatic carbocycles. The van der Waals surface area contributed by atoms with E-state index in [1.165, 1.54) is 0 Å². The number of rotatable bonds is 5. The van der Waals surface area contributed by atoms with Gasteiger partial charge in [-0.05, 0) is 35.7 Å². The van der Waals surface area contributed by atoms with Crippen molar-refractivity contribution in [1.82, 2.24) is 5.32 Å². The van der Waals surface area contributed by atoms with Gasteiger partial charge >= 0.3 is 0 Å².